The summed E-state index contributed by atoms with van der Waals surface area (Å²) in [6.45, 7) is 3.14. The van der Waals surface area contributed by atoms with Gasteiger partial charge in [-0.1, -0.05) is 29.0 Å². The highest BCUT2D eigenvalue weighted by atomic mass is 35.5. The Morgan fingerprint density at radius 2 is 2.08 bits per heavy atom. The minimum absolute atomic E-state index is 0.111. The number of aromatic nitrogens is 3. The van der Waals surface area contributed by atoms with Gasteiger partial charge in [0, 0.05) is 20.1 Å². The zero-order valence-electron chi connectivity index (χ0n) is 14.7. The van der Waals surface area contributed by atoms with Gasteiger partial charge in [-0.3, -0.25) is 14.4 Å². The van der Waals surface area contributed by atoms with Gasteiger partial charge in [0.25, 0.3) is 5.91 Å². The quantitative estimate of drug-likeness (QED) is 0.685. The highest BCUT2D eigenvalue weighted by Crippen LogP contribution is 2.33. The Morgan fingerprint density at radius 3 is 2.68 bits per heavy atom. The first kappa shape index (κ1) is 17.8. The summed E-state index contributed by atoms with van der Waals surface area (Å²) in [5, 5.41) is 5.52. The monoisotopic (exact) mass is 377 g/mol. The molecule has 0 radical (unpaired) electrons. The molecule has 0 N–H and O–H groups in total. The largest absolute Gasteiger partial charge is 0.308 e. The molecule has 0 aliphatic rings. The number of amides is 1. The molecule has 3 rings (SSSR count). The maximum absolute atomic E-state index is 13.1. The molecular formula is C17H20ClN5OS. The molecule has 132 valence electrons. The van der Waals surface area contributed by atoms with Crippen LogP contribution < -0.4 is 4.90 Å². The Morgan fingerprint density at radius 1 is 1.32 bits per heavy atom. The Bertz CT molecular complexity index is 917. The van der Waals surface area contributed by atoms with Crippen LogP contribution >= 0.6 is 22.9 Å². The lowest BCUT2D eigenvalue weighted by atomic mass is 10.3. The lowest BCUT2D eigenvalue weighted by Gasteiger charge is -2.21. The number of carbonyl (C=O) groups is 1. The van der Waals surface area contributed by atoms with E-state index < -0.39 is 0 Å². The first-order valence-electron chi connectivity index (χ1n) is 7.89. The lowest BCUT2D eigenvalue weighted by Crippen LogP contribution is -2.37. The highest BCUT2D eigenvalue weighted by molar-refractivity contribution is 7.22. The summed E-state index contributed by atoms with van der Waals surface area (Å²) in [6.07, 6.45) is 0. The van der Waals surface area contributed by atoms with Crippen molar-refractivity contribution in [2.24, 2.45) is 7.05 Å². The topological polar surface area (TPSA) is 54.3 Å². The molecule has 0 saturated carbocycles. The van der Waals surface area contributed by atoms with Crippen molar-refractivity contribution < 1.29 is 4.79 Å². The molecule has 0 aliphatic carbocycles. The van der Waals surface area contributed by atoms with Gasteiger partial charge in [-0.25, -0.2) is 4.98 Å². The zero-order chi connectivity index (χ0) is 18.1. The Hall–Kier alpha value is -1.96. The first-order chi connectivity index (χ1) is 11.9. The number of benzene rings is 1. The van der Waals surface area contributed by atoms with Crippen molar-refractivity contribution in [1.29, 1.82) is 0 Å². The van der Waals surface area contributed by atoms with Gasteiger partial charge >= 0.3 is 0 Å². The number of hydrogen-bond donors (Lipinski definition) is 0. The van der Waals surface area contributed by atoms with Crippen LogP contribution in [0.25, 0.3) is 10.2 Å². The Labute approximate surface area is 155 Å². The molecule has 0 bridgehead atoms. The molecule has 1 amide bonds. The van der Waals surface area contributed by atoms with Crippen LogP contribution in [-0.4, -0.2) is 52.8 Å². The molecule has 0 aliphatic heterocycles. The fourth-order valence-corrected chi connectivity index (χ4v) is 3.84. The molecule has 2 aromatic heterocycles. The van der Waals surface area contributed by atoms with E-state index in [1.807, 2.05) is 44.1 Å². The number of carbonyl (C=O) groups excluding carboxylic acids is 1. The Balaban J connectivity index is 2.02. The van der Waals surface area contributed by atoms with Gasteiger partial charge in [0.1, 0.15) is 11.2 Å². The predicted molar refractivity (Wildman–Crippen MR) is 103 cm³/mol. The van der Waals surface area contributed by atoms with Gasteiger partial charge in [0.2, 0.25) is 0 Å². The van der Waals surface area contributed by atoms with Crippen LogP contribution in [0.3, 0.4) is 0 Å². The third-order valence-corrected chi connectivity index (χ3v) is 5.18. The third-order valence-electron chi connectivity index (χ3n) is 3.83. The summed E-state index contributed by atoms with van der Waals surface area (Å²) < 4.78 is 2.58. The summed E-state index contributed by atoms with van der Waals surface area (Å²) in [5.41, 5.74) is 2.08. The number of likely N-dealkylation sites (N-methyl/N-ethyl adjacent to an activating group) is 1. The second-order valence-electron chi connectivity index (χ2n) is 6.14. The van der Waals surface area contributed by atoms with Gasteiger partial charge in [-0.05, 0) is 39.2 Å². The molecule has 0 fully saturated rings. The standard InChI is InChI=1S/C17H20ClN5OS/c1-11-10-13(22(4)20-11)16(24)23(9-8-21(2)3)17-19-15-12(18)6-5-7-14(15)25-17/h5-7,10H,8-9H2,1-4H3. The number of hydrogen-bond acceptors (Lipinski definition) is 5. The third kappa shape index (κ3) is 3.68. The number of fused-ring (bicyclic) bond motifs is 1. The maximum atomic E-state index is 13.1. The molecule has 8 heteroatoms. The van der Waals surface area contributed by atoms with Gasteiger partial charge in [-0.15, -0.1) is 0 Å². The number of anilines is 1. The predicted octanol–water partition coefficient (Wildman–Crippen LogP) is 3.20. The number of thiazole rings is 1. The van der Waals surface area contributed by atoms with Crippen LogP contribution in [-0.2, 0) is 7.05 Å². The van der Waals surface area contributed by atoms with E-state index in [-0.39, 0.29) is 5.91 Å². The number of aryl methyl sites for hydroxylation is 2. The summed E-state index contributed by atoms with van der Waals surface area (Å²) >= 11 is 7.71. The molecule has 0 unspecified atom stereocenters. The van der Waals surface area contributed by atoms with Crippen molar-refractivity contribution in [1.82, 2.24) is 19.7 Å². The van der Waals surface area contributed by atoms with Crippen LogP contribution in [0, 0.1) is 6.92 Å². The number of nitrogens with zero attached hydrogens (tertiary/aromatic N) is 5. The summed E-state index contributed by atoms with van der Waals surface area (Å²) in [6, 6.07) is 7.46. The van der Waals surface area contributed by atoms with E-state index in [1.54, 1.807) is 22.7 Å². The molecule has 6 nitrogen and oxygen atoms in total. The van der Waals surface area contributed by atoms with Crippen LogP contribution in [0.15, 0.2) is 24.3 Å². The van der Waals surface area contributed by atoms with E-state index in [9.17, 15) is 4.79 Å². The van der Waals surface area contributed by atoms with E-state index in [2.05, 4.69) is 10.1 Å². The van der Waals surface area contributed by atoms with E-state index in [0.29, 0.717) is 22.4 Å². The van der Waals surface area contributed by atoms with Crippen LogP contribution in [0.2, 0.25) is 5.02 Å². The van der Waals surface area contributed by atoms with Crippen LogP contribution in [0.5, 0.6) is 0 Å². The zero-order valence-corrected chi connectivity index (χ0v) is 16.2. The van der Waals surface area contributed by atoms with Crippen LogP contribution in [0.1, 0.15) is 16.2 Å². The van der Waals surface area contributed by atoms with E-state index >= 15 is 0 Å². The van der Waals surface area contributed by atoms with E-state index in [0.717, 1.165) is 22.5 Å². The van der Waals surface area contributed by atoms with Gasteiger partial charge < -0.3 is 4.90 Å². The van der Waals surface area contributed by atoms with Gasteiger partial charge in [0.15, 0.2) is 5.13 Å². The summed E-state index contributed by atoms with van der Waals surface area (Å²) in [5.74, 6) is -0.111. The number of para-hydroxylation sites is 1. The second-order valence-corrected chi connectivity index (χ2v) is 7.55. The SMILES string of the molecule is Cc1cc(C(=O)N(CCN(C)C)c2nc3c(Cl)cccc3s2)n(C)n1. The molecule has 25 heavy (non-hydrogen) atoms. The van der Waals surface area contributed by atoms with Crippen molar-refractivity contribution >= 4 is 44.2 Å². The van der Waals surface area contributed by atoms with Gasteiger partial charge in [-0.2, -0.15) is 5.10 Å². The van der Waals surface area contributed by atoms with Crippen molar-refractivity contribution in [3.05, 3.63) is 40.7 Å². The molecular weight excluding hydrogens is 358 g/mol. The lowest BCUT2D eigenvalue weighted by molar-refractivity contribution is 0.0976. The van der Waals surface area contributed by atoms with Crippen molar-refractivity contribution in [3.63, 3.8) is 0 Å². The summed E-state index contributed by atoms with van der Waals surface area (Å²) in [7, 11) is 5.73. The summed E-state index contributed by atoms with van der Waals surface area (Å²) in [4.78, 5) is 21.5. The molecule has 2 heterocycles. The number of halogens is 1. The van der Waals surface area contributed by atoms with Crippen molar-refractivity contribution in [2.75, 3.05) is 32.1 Å². The van der Waals surface area contributed by atoms with E-state index in [4.69, 9.17) is 11.6 Å². The molecule has 3 aromatic rings. The fraction of sp³-hybridized carbons (Fsp3) is 0.353. The number of rotatable bonds is 5. The van der Waals surface area contributed by atoms with Crippen LogP contribution in [0.4, 0.5) is 5.13 Å². The first-order valence-corrected chi connectivity index (χ1v) is 9.08. The normalized spacial score (nSPS) is 11.4. The molecule has 0 spiro atoms. The maximum Gasteiger partial charge on any atom is 0.278 e. The van der Waals surface area contributed by atoms with Crippen molar-refractivity contribution in [2.45, 2.75) is 6.92 Å². The highest BCUT2D eigenvalue weighted by Gasteiger charge is 2.24. The Kier molecular flexibility index (Phi) is 5.08. The second kappa shape index (κ2) is 7.11. The fourth-order valence-electron chi connectivity index (χ4n) is 2.55. The molecule has 0 atom stereocenters. The molecule has 1 aromatic carbocycles. The average Bonchev–Trinajstić information content (AvgIpc) is 3.11. The average molecular weight is 378 g/mol. The molecule has 0 saturated heterocycles. The van der Waals surface area contributed by atoms with Gasteiger partial charge in [0.05, 0.1) is 15.4 Å². The minimum atomic E-state index is -0.111. The van der Waals surface area contributed by atoms with Crippen molar-refractivity contribution in [3.8, 4) is 0 Å². The minimum Gasteiger partial charge on any atom is -0.308 e. The smallest absolute Gasteiger partial charge is 0.278 e. The van der Waals surface area contributed by atoms with E-state index in [1.165, 1.54) is 11.3 Å².